The van der Waals surface area contributed by atoms with Crippen molar-refractivity contribution < 1.29 is 4.48 Å². The zero-order valence-electron chi connectivity index (χ0n) is 12.4. The predicted molar refractivity (Wildman–Crippen MR) is 74.7 cm³/mol. The van der Waals surface area contributed by atoms with Gasteiger partial charge in [0.05, 0.1) is 27.7 Å². The molecule has 0 spiro atoms. The van der Waals surface area contributed by atoms with E-state index in [4.69, 9.17) is 0 Å². The molecule has 0 aliphatic rings. The van der Waals surface area contributed by atoms with Crippen molar-refractivity contribution in [3.05, 3.63) is 0 Å². The third kappa shape index (κ3) is 10.5. The Morgan fingerprint density at radius 3 is 1.81 bits per heavy atom. The maximum atomic E-state index is 2.32. The molecule has 0 aliphatic carbocycles. The number of quaternary nitrogens is 1. The van der Waals surface area contributed by atoms with Crippen LogP contribution in [0, 0.1) is 5.92 Å². The Hall–Kier alpha value is -0.0400. The fraction of sp³-hybridized carbons (Fsp3) is 1.00. The van der Waals surface area contributed by atoms with E-state index in [1.807, 2.05) is 0 Å². The molecular weight excluding hydrogens is 194 g/mol. The van der Waals surface area contributed by atoms with Crippen molar-refractivity contribution in [2.24, 2.45) is 5.92 Å². The molecule has 16 heavy (non-hydrogen) atoms. The molecule has 0 N–H and O–H groups in total. The summed E-state index contributed by atoms with van der Waals surface area (Å²) in [6.45, 7) is 5.95. The molecule has 0 aromatic rings. The lowest BCUT2D eigenvalue weighted by Crippen LogP contribution is -2.39. The molecule has 1 heteroatoms. The van der Waals surface area contributed by atoms with E-state index < -0.39 is 0 Å². The molecule has 0 aromatic heterocycles. The lowest BCUT2D eigenvalue weighted by molar-refractivity contribution is -0.874. The highest BCUT2D eigenvalue weighted by molar-refractivity contribution is 4.59. The molecule has 98 valence electrons. The van der Waals surface area contributed by atoms with Gasteiger partial charge in [-0.15, -0.1) is 0 Å². The molecule has 0 heterocycles. The summed E-state index contributed by atoms with van der Waals surface area (Å²) in [5.74, 6) is 0.955. The minimum absolute atomic E-state index is 0.955. The third-order valence-corrected chi connectivity index (χ3v) is 3.24. The molecule has 0 fully saturated rings. The summed E-state index contributed by atoms with van der Waals surface area (Å²) in [6, 6.07) is 0. The second-order valence-corrected chi connectivity index (χ2v) is 6.33. The van der Waals surface area contributed by atoms with Crippen LogP contribution in [0.5, 0.6) is 0 Å². The van der Waals surface area contributed by atoms with Gasteiger partial charge in [-0.25, -0.2) is 0 Å². The van der Waals surface area contributed by atoms with Crippen LogP contribution < -0.4 is 0 Å². The molecule has 0 radical (unpaired) electrons. The van der Waals surface area contributed by atoms with Crippen LogP contribution in [0.3, 0.4) is 0 Å². The maximum Gasteiger partial charge on any atom is 0.0809 e. The van der Waals surface area contributed by atoms with Gasteiger partial charge in [-0.3, -0.25) is 0 Å². The van der Waals surface area contributed by atoms with E-state index in [1.165, 1.54) is 57.9 Å². The van der Waals surface area contributed by atoms with E-state index in [0.29, 0.717) is 0 Å². The van der Waals surface area contributed by atoms with Crippen LogP contribution in [-0.2, 0) is 0 Å². The summed E-state index contributed by atoms with van der Waals surface area (Å²) in [4.78, 5) is 0. The zero-order chi connectivity index (χ0) is 12.4. The van der Waals surface area contributed by atoms with Gasteiger partial charge >= 0.3 is 0 Å². The van der Waals surface area contributed by atoms with Crippen LogP contribution >= 0.6 is 0 Å². The van der Waals surface area contributed by atoms with Gasteiger partial charge in [0.25, 0.3) is 0 Å². The molecular formula is C15H34N+. The second kappa shape index (κ2) is 9.04. The fourth-order valence-corrected chi connectivity index (χ4v) is 2.45. The highest BCUT2D eigenvalue weighted by Crippen LogP contribution is 2.19. The Labute approximate surface area is 104 Å². The van der Waals surface area contributed by atoms with Crippen molar-refractivity contribution in [1.29, 1.82) is 0 Å². The van der Waals surface area contributed by atoms with E-state index >= 15 is 0 Å². The maximum absolute atomic E-state index is 2.32. The normalized spacial score (nSPS) is 14.1. The number of rotatable bonds is 10. The highest BCUT2D eigenvalue weighted by atomic mass is 15.3. The Morgan fingerprint density at radius 2 is 1.31 bits per heavy atom. The number of hydrogen-bond acceptors (Lipinski definition) is 0. The Morgan fingerprint density at radius 1 is 0.750 bits per heavy atom. The van der Waals surface area contributed by atoms with Gasteiger partial charge in [-0.1, -0.05) is 52.4 Å². The van der Waals surface area contributed by atoms with Crippen LogP contribution in [0.15, 0.2) is 0 Å². The Balaban J connectivity index is 3.81. The topological polar surface area (TPSA) is 0 Å². The first-order valence-corrected chi connectivity index (χ1v) is 7.30. The van der Waals surface area contributed by atoms with Gasteiger partial charge in [-0.2, -0.15) is 0 Å². The second-order valence-electron chi connectivity index (χ2n) is 6.33. The zero-order valence-corrected chi connectivity index (χ0v) is 12.4. The smallest absolute Gasteiger partial charge is 0.0809 e. The first kappa shape index (κ1) is 16.0. The average Bonchev–Trinajstić information content (AvgIpc) is 2.18. The van der Waals surface area contributed by atoms with Crippen molar-refractivity contribution in [1.82, 2.24) is 0 Å². The van der Waals surface area contributed by atoms with Gasteiger partial charge in [0.15, 0.2) is 0 Å². The molecule has 0 saturated carbocycles. The lowest BCUT2D eigenvalue weighted by atomic mass is 9.94. The number of nitrogens with zero attached hydrogens (tertiary/aromatic N) is 1. The molecule has 0 amide bonds. The summed E-state index contributed by atoms with van der Waals surface area (Å²) in [6.07, 6.45) is 11.3. The Bertz CT molecular complexity index is 146. The van der Waals surface area contributed by atoms with Crippen molar-refractivity contribution in [2.45, 2.75) is 65.2 Å². The third-order valence-electron chi connectivity index (χ3n) is 3.24. The van der Waals surface area contributed by atoms with Gasteiger partial charge in [0.2, 0.25) is 0 Å². The number of unbranched alkanes of at least 4 members (excludes halogenated alkanes) is 4. The largest absolute Gasteiger partial charge is 0.331 e. The van der Waals surface area contributed by atoms with Gasteiger partial charge in [0, 0.05) is 5.92 Å². The van der Waals surface area contributed by atoms with E-state index in [9.17, 15) is 0 Å². The first-order valence-electron chi connectivity index (χ1n) is 7.30. The first-order chi connectivity index (χ1) is 7.49. The van der Waals surface area contributed by atoms with E-state index in [-0.39, 0.29) is 0 Å². The van der Waals surface area contributed by atoms with Crippen molar-refractivity contribution >= 4 is 0 Å². The lowest BCUT2D eigenvalue weighted by Gasteiger charge is -2.29. The van der Waals surface area contributed by atoms with Crippen molar-refractivity contribution in [3.8, 4) is 0 Å². The van der Waals surface area contributed by atoms with Gasteiger partial charge in [0.1, 0.15) is 0 Å². The standard InChI is InChI=1S/C15H34N/c1-6-8-10-11-13-15(12-9-7-2)14-16(3,4)5/h15H,6-14H2,1-5H3/q+1. The molecule has 0 bridgehead atoms. The molecule has 1 unspecified atom stereocenters. The molecule has 1 atom stereocenters. The summed E-state index contributed by atoms with van der Waals surface area (Å²) >= 11 is 0. The van der Waals surface area contributed by atoms with Crippen molar-refractivity contribution in [3.63, 3.8) is 0 Å². The molecule has 0 saturated heterocycles. The van der Waals surface area contributed by atoms with Crippen LogP contribution in [-0.4, -0.2) is 32.2 Å². The Kier molecular flexibility index (Phi) is 9.02. The molecule has 1 nitrogen and oxygen atoms in total. The highest BCUT2D eigenvalue weighted by Gasteiger charge is 2.17. The summed E-state index contributed by atoms with van der Waals surface area (Å²) in [7, 11) is 6.97. The molecule has 0 rings (SSSR count). The van der Waals surface area contributed by atoms with Gasteiger partial charge < -0.3 is 4.48 Å². The molecule has 0 aliphatic heterocycles. The predicted octanol–water partition coefficient (Wildman–Crippen LogP) is 4.47. The SMILES string of the molecule is CCCCCCC(CCCC)C[N+](C)(C)C. The van der Waals surface area contributed by atoms with Crippen molar-refractivity contribution in [2.75, 3.05) is 27.7 Å². The summed E-state index contributed by atoms with van der Waals surface area (Å²) < 4.78 is 1.13. The van der Waals surface area contributed by atoms with Crippen LogP contribution in [0.4, 0.5) is 0 Å². The summed E-state index contributed by atoms with van der Waals surface area (Å²) in [5, 5.41) is 0. The monoisotopic (exact) mass is 228 g/mol. The molecule has 0 aromatic carbocycles. The van der Waals surface area contributed by atoms with Gasteiger partial charge in [-0.05, 0) is 12.8 Å². The van der Waals surface area contributed by atoms with Crippen LogP contribution in [0.1, 0.15) is 65.2 Å². The van der Waals surface area contributed by atoms with Crippen LogP contribution in [0.2, 0.25) is 0 Å². The number of hydrogen-bond donors (Lipinski definition) is 0. The summed E-state index contributed by atoms with van der Waals surface area (Å²) in [5.41, 5.74) is 0. The van der Waals surface area contributed by atoms with Crippen LogP contribution in [0.25, 0.3) is 0 Å². The average molecular weight is 228 g/mol. The van der Waals surface area contributed by atoms with E-state index in [2.05, 4.69) is 35.0 Å². The minimum Gasteiger partial charge on any atom is -0.331 e. The van der Waals surface area contributed by atoms with E-state index in [0.717, 1.165) is 10.4 Å². The quantitative estimate of drug-likeness (QED) is 0.382. The fourth-order valence-electron chi connectivity index (χ4n) is 2.45. The minimum atomic E-state index is 0.955. The van der Waals surface area contributed by atoms with E-state index in [1.54, 1.807) is 0 Å².